The average molecular weight is 429 g/mol. The number of carbonyl (C=O) groups is 1. The smallest absolute Gasteiger partial charge is 0.262 e. The number of hydrogen-bond donors (Lipinski definition) is 3. The second-order valence-electron chi connectivity index (χ2n) is 7.61. The fourth-order valence-corrected chi connectivity index (χ4v) is 3.78. The summed E-state index contributed by atoms with van der Waals surface area (Å²) < 4.78 is 11.4. The number of benzene rings is 2. The Morgan fingerprint density at radius 1 is 1.25 bits per heavy atom. The van der Waals surface area contributed by atoms with Crippen LogP contribution in [-0.2, 0) is 4.79 Å². The van der Waals surface area contributed by atoms with Crippen LogP contribution in [0.5, 0.6) is 11.6 Å². The molecule has 32 heavy (non-hydrogen) atoms. The second-order valence-corrected chi connectivity index (χ2v) is 7.61. The molecule has 1 unspecified atom stereocenters. The Kier molecular flexibility index (Phi) is 5.56. The maximum absolute atomic E-state index is 12.6. The van der Waals surface area contributed by atoms with Gasteiger partial charge in [0.2, 0.25) is 11.8 Å². The quantitative estimate of drug-likeness (QED) is 0.569. The standard InChI is InChI=1S/C24H23N5O3/c1-13-7-6-9-18(14(13)2)27-20(30)12-31-19-10-5-4-8-16(19)22-17(11-25)23(26)32-24-21(22)15(3)28-29-24/h4-10,22H,12,26H2,1-3H3,(H,27,30)(H,28,29). The molecule has 0 fully saturated rings. The lowest BCUT2D eigenvalue weighted by Crippen LogP contribution is -2.23. The van der Waals surface area contributed by atoms with Gasteiger partial charge in [0, 0.05) is 22.5 Å². The first-order valence-electron chi connectivity index (χ1n) is 10.1. The largest absolute Gasteiger partial charge is 0.483 e. The zero-order valence-corrected chi connectivity index (χ0v) is 18.0. The molecule has 8 heteroatoms. The topological polar surface area (TPSA) is 126 Å². The number of H-pyrrole nitrogens is 1. The third-order valence-corrected chi connectivity index (χ3v) is 5.60. The highest BCUT2D eigenvalue weighted by atomic mass is 16.5. The number of ether oxygens (including phenoxy) is 2. The van der Waals surface area contributed by atoms with E-state index in [9.17, 15) is 10.1 Å². The average Bonchev–Trinajstić information content (AvgIpc) is 3.14. The number of nitriles is 1. The summed E-state index contributed by atoms with van der Waals surface area (Å²) in [6.07, 6.45) is 0. The lowest BCUT2D eigenvalue weighted by Gasteiger charge is -2.25. The highest BCUT2D eigenvalue weighted by Gasteiger charge is 2.35. The van der Waals surface area contributed by atoms with Crippen LogP contribution < -0.4 is 20.5 Å². The molecule has 0 radical (unpaired) electrons. The van der Waals surface area contributed by atoms with Crippen molar-refractivity contribution in [2.45, 2.75) is 26.7 Å². The monoisotopic (exact) mass is 429 g/mol. The fraction of sp³-hybridized carbons (Fsp3) is 0.208. The molecule has 1 aliphatic rings. The van der Waals surface area contributed by atoms with E-state index in [0.29, 0.717) is 22.8 Å². The molecule has 1 atom stereocenters. The number of allylic oxidation sites excluding steroid dienone is 1. The van der Waals surface area contributed by atoms with Crippen LogP contribution in [0.15, 0.2) is 53.9 Å². The third-order valence-electron chi connectivity index (χ3n) is 5.60. The second kappa shape index (κ2) is 8.47. The van der Waals surface area contributed by atoms with Crippen molar-refractivity contribution in [3.63, 3.8) is 0 Å². The van der Waals surface area contributed by atoms with E-state index in [-0.39, 0.29) is 24.0 Å². The summed E-state index contributed by atoms with van der Waals surface area (Å²) in [6.45, 7) is 5.60. The molecule has 2 aromatic carbocycles. The van der Waals surface area contributed by atoms with Crippen molar-refractivity contribution >= 4 is 11.6 Å². The number of anilines is 1. The van der Waals surface area contributed by atoms with Crippen molar-refractivity contribution < 1.29 is 14.3 Å². The SMILES string of the molecule is Cc1cccc(NC(=O)COc2ccccc2C2C(C#N)=C(N)Oc3n[nH]c(C)c32)c1C. The fourth-order valence-electron chi connectivity index (χ4n) is 3.78. The Labute approximate surface area is 185 Å². The van der Waals surface area contributed by atoms with Gasteiger partial charge in [-0.2, -0.15) is 5.26 Å². The molecule has 8 nitrogen and oxygen atoms in total. The lowest BCUT2D eigenvalue weighted by atomic mass is 9.83. The molecule has 1 amide bonds. The molecule has 1 aromatic heterocycles. The van der Waals surface area contributed by atoms with Gasteiger partial charge >= 0.3 is 0 Å². The number of para-hydroxylation sites is 1. The summed E-state index contributed by atoms with van der Waals surface area (Å²) in [6, 6.07) is 15.1. The molecule has 0 saturated heterocycles. The van der Waals surface area contributed by atoms with Gasteiger partial charge in [-0.25, -0.2) is 0 Å². The molecule has 0 spiro atoms. The van der Waals surface area contributed by atoms with Crippen molar-refractivity contribution in [3.05, 3.63) is 81.9 Å². The predicted octanol–water partition coefficient (Wildman–Crippen LogP) is 3.57. The highest BCUT2D eigenvalue weighted by molar-refractivity contribution is 5.92. The molecular formula is C24H23N5O3. The molecule has 0 aliphatic carbocycles. The number of aromatic amines is 1. The number of nitrogens with two attached hydrogens (primary N) is 1. The number of amides is 1. The number of rotatable bonds is 5. The van der Waals surface area contributed by atoms with E-state index in [2.05, 4.69) is 21.6 Å². The number of nitrogens with zero attached hydrogens (tertiary/aromatic N) is 2. The zero-order chi connectivity index (χ0) is 22.8. The minimum atomic E-state index is -0.527. The van der Waals surface area contributed by atoms with Crippen molar-refractivity contribution in [1.29, 1.82) is 5.26 Å². The van der Waals surface area contributed by atoms with Crippen LogP contribution in [-0.4, -0.2) is 22.7 Å². The molecule has 2 heterocycles. The summed E-state index contributed by atoms with van der Waals surface area (Å²) >= 11 is 0. The van der Waals surface area contributed by atoms with E-state index < -0.39 is 5.92 Å². The molecule has 0 saturated carbocycles. The minimum Gasteiger partial charge on any atom is -0.483 e. The summed E-state index contributed by atoms with van der Waals surface area (Å²) in [7, 11) is 0. The van der Waals surface area contributed by atoms with Crippen molar-refractivity contribution in [1.82, 2.24) is 10.2 Å². The van der Waals surface area contributed by atoms with E-state index in [1.807, 2.05) is 57.2 Å². The minimum absolute atomic E-state index is 0.000955. The Bertz CT molecular complexity index is 1270. The van der Waals surface area contributed by atoms with Crippen LogP contribution >= 0.6 is 0 Å². The molecule has 4 rings (SSSR count). The molecule has 1 aliphatic heterocycles. The van der Waals surface area contributed by atoms with E-state index in [0.717, 1.165) is 22.5 Å². The van der Waals surface area contributed by atoms with E-state index in [4.69, 9.17) is 15.2 Å². The van der Waals surface area contributed by atoms with E-state index >= 15 is 0 Å². The van der Waals surface area contributed by atoms with Gasteiger partial charge in [-0.05, 0) is 44.0 Å². The Balaban J connectivity index is 1.61. The van der Waals surface area contributed by atoms with E-state index in [1.54, 1.807) is 6.07 Å². The molecular weight excluding hydrogens is 406 g/mol. The van der Waals surface area contributed by atoms with Crippen LogP contribution in [0.1, 0.15) is 33.9 Å². The lowest BCUT2D eigenvalue weighted by molar-refractivity contribution is -0.118. The maximum atomic E-state index is 12.6. The summed E-state index contributed by atoms with van der Waals surface area (Å²) in [5.41, 5.74) is 11.3. The molecule has 162 valence electrons. The maximum Gasteiger partial charge on any atom is 0.262 e. The summed E-state index contributed by atoms with van der Waals surface area (Å²) in [5, 5.41) is 19.7. The van der Waals surface area contributed by atoms with Crippen molar-refractivity contribution in [2.75, 3.05) is 11.9 Å². The van der Waals surface area contributed by atoms with E-state index in [1.165, 1.54) is 0 Å². The van der Waals surface area contributed by atoms with Gasteiger partial charge in [-0.3, -0.25) is 9.89 Å². The van der Waals surface area contributed by atoms with Gasteiger partial charge in [0.1, 0.15) is 17.4 Å². The van der Waals surface area contributed by atoms with Gasteiger partial charge in [0.15, 0.2) is 6.61 Å². The number of fused-ring (bicyclic) bond motifs is 1. The predicted molar refractivity (Wildman–Crippen MR) is 119 cm³/mol. The Hall–Kier alpha value is -4.25. The van der Waals surface area contributed by atoms with Crippen molar-refractivity contribution in [3.8, 4) is 17.7 Å². The Morgan fingerprint density at radius 3 is 2.81 bits per heavy atom. The van der Waals surface area contributed by atoms with Gasteiger partial charge in [0.25, 0.3) is 5.91 Å². The molecule has 0 bridgehead atoms. The van der Waals surface area contributed by atoms with Crippen LogP contribution in [0, 0.1) is 32.1 Å². The summed E-state index contributed by atoms with van der Waals surface area (Å²) in [5.74, 6) is -0.00921. The van der Waals surface area contributed by atoms with Crippen LogP contribution in [0.3, 0.4) is 0 Å². The van der Waals surface area contributed by atoms with Gasteiger partial charge < -0.3 is 20.5 Å². The van der Waals surface area contributed by atoms with Gasteiger partial charge in [-0.1, -0.05) is 30.3 Å². The molecule has 3 aromatic rings. The number of hydrogen-bond acceptors (Lipinski definition) is 6. The van der Waals surface area contributed by atoms with Crippen LogP contribution in [0.25, 0.3) is 0 Å². The van der Waals surface area contributed by atoms with Crippen molar-refractivity contribution in [2.24, 2.45) is 5.73 Å². The zero-order valence-electron chi connectivity index (χ0n) is 18.0. The first kappa shape index (κ1) is 21.0. The number of carbonyl (C=O) groups excluding carboxylic acids is 1. The van der Waals surface area contributed by atoms with Gasteiger partial charge in [0.05, 0.1) is 5.92 Å². The normalized spacial score (nSPS) is 14.9. The number of aryl methyl sites for hydroxylation is 2. The van der Waals surface area contributed by atoms with Crippen LogP contribution in [0.2, 0.25) is 0 Å². The number of aromatic nitrogens is 2. The third kappa shape index (κ3) is 3.76. The first-order valence-corrected chi connectivity index (χ1v) is 10.1. The Morgan fingerprint density at radius 2 is 2.03 bits per heavy atom. The van der Waals surface area contributed by atoms with Gasteiger partial charge in [-0.15, -0.1) is 5.10 Å². The first-order chi connectivity index (χ1) is 15.4. The van der Waals surface area contributed by atoms with Crippen LogP contribution in [0.4, 0.5) is 5.69 Å². The highest BCUT2D eigenvalue weighted by Crippen LogP contribution is 2.45. The summed E-state index contributed by atoms with van der Waals surface area (Å²) in [4.78, 5) is 12.6. The number of nitrogens with one attached hydrogen (secondary N) is 2. The molecule has 4 N–H and O–H groups in total.